The Balaban J connectivity index is 2.60. The lowest BCUT2D eigenvalue weighted by molar-refractivity contribution is -0.142. The highest BCUT2D eigenvalue weighted by atomic mass is 32.2. The largest absolute Gasteiger partial charge is 0.480 e. The van der Waals surface area contributed by atoms with Gasteiger partial charge in [0, 0.05) is 11.8 Å². The summed E-state index contributed by atoms with van der Waals surface area (Å²) in [6.07, 6.45) is 1.34. The summed E-state index contributed by atoms with van der Waals surface area (Å²) in [5.74, 6) is -2.23. The maximum Gasteiger partial charge on any atom is 0.326 e. The Labute approximate surface area is 146 Å². The van der Waals surface area contributed by atoms with E-state index in [0.717, 1.165) is 6.26 Å². The molecular formula is C16H22N2O6S. The van der Waals surface area contributed by atoms with Gasteiger partial charge in [0.2, 0.25) is 5.91 Å². The molecule has 1 rings (SSSR count). The van der Waals surface area contributed by atoms with Crippen molar-refractivity contribution in [2.45, 2.75) is 31.2 Å². The van der Waals surface area contributed by atoms with E-state index >= 15 is 0 Å². The molecular weight excluding hydrogens is 348 g/mol. The lowest BCUT2D eigenvalue weighted by Crippen LogP contribution is -2.46. The van der Waals surface area contributed by atoms with Crippen molar-refractivity contribution in [2.75, 3.05) is 12.8 Å². The van der Waals surface area contributed by atoms with Crippen molar-refractivity contribution >= 4 is 27.6 Å². The van der Waals surface area contributed by atoms with Crippen LogP contribution in [-0.4, -0.2) is 50.2 Å². The van der Waals surface area contributed by atoms with E-state index in [1.165, 1.54) is 24.3 Å². The maximum absolute atomic E-state index is 12.0. The third-order valence-corrected chi connectivity index (χ3v) is 4.42. The van der Waals surface area contributed by atoms with Crippen LogP contribution < -0.4 is 10.6 Å². The minimum Gasteiger partial charge on any atom is -0.480 e. The van der Waals surface area contributed by atoms with Crippen LogP contribution in [-0.2, 0) is 19.4 Å². The van der Waals surface area contributed by atoms with E-state index in [9.17, 15) is 22.8 Å². The molecule has 0 saturated carbocycles. The fourth-order valence-corrected chi connectivity index (χ4v) is 2.68. The summed E-state index contributed by atoms with van der Waals surface area (Å²) in [7, 11) is -3.35. The van der Waals surface area contributed by atoms with Gasteiger partial charge in [-0.05, 0) is 36.6 Å². The fourth-order valence-electron chi connectivity index (χ4n) is 2.05. The number of carboxylic acid groups (broad SMARTS) is 1. The minimum absolute atomic E-state index is 0.0831. The quantitative estimate of drug-likeness (QED) is 0.609. The van der Waals surface area contributed by atoms with Crippen molar-refractivity contribution in [3.63, 3.8) is 0 Å². The summed E-state index contributed by atoms with van der Waals surface area (Å²) in [4.78, 5) is 34.9. The van der Waals surface area contributed by atoms with Crippen molar-refractivity contribution in [3.05, 3.63) is 29.8 Å². The van der Waals surface area contributed by atoms with Gasteiger partial charge in [-0.25, -0.2) is 13.2 Å². The first kappa shape index (κ1) is 20.6. The molecule has 9 heteroatoms. The molecule has 0 unspecified atom stereocenters. The van der Waals surface area contributed by atoms with Crippen molar-refractivity contribution < 1.29 is 27.9 Å². The number of rotatable bonds is 8. The topological polar surface area (TPSA) is 130 Å². The molecule has 1 aromatic carbocycles. The lowest BCUT2D eigenvalue weighted by Gasteiger charge is -2.16. The van der Waals surface area contributed by atoms with Crippen LogP contribution in [0.25, 0.3) is 0 Å². The molecule has 25 heavy (non-hydrogen) atoms. The molecule has 1 atom stereocenters. The van der Waals surface area contributed by atoms with E-state index in [-0.39, 0.29) is 29.3 Å². The van der Waals surface area contributed by atoms with Gasteiger partial charge in [0.05, 0.1) is 11.4 Å². The standard InChI is InChI=1S/C16H22N2O6S/c1-10(2)8-13(16(21)22)18-14(19)9-17-15(20)11-4-6-12(7-5-11)25(3,23)24/h4-7,10,13H,8-9H2,1-3H3,(H,17,20)(H,18,19)(H,21,22)/t13-/m0/s1. The average Bonchev–Trinajstić information content (AvgIpc) is 2.50. The van der Waals surface area contributed by atoms with Crippen molar-refractivity contribution in [2.24, 2.45) is 5.92 Å². The minimum atomic E-state index is -3.35. The Morgan fingerprint density at radius 3 is 2.12 bits per heavy atom. The van der Waals surface area contributed by atoms with Gasteiger partial charge in [0.1, 0.15) is 6.04 Å². The summed E-state index contributed by atoms with van der Waals surface area (Å²) in [6, 6.07) is 4.25. The summed E-state index contributed by atoms with van der Waals surface area (Å²) in [5.41, 5.74) is 0.192. The summed E-state index contributed by atoms with van der Waals surface area (Å²) < 4.78 is 22.7. The van der Waals surface area contributed by atoms with Gasteiger partial charge in [-0.2, -0.15) is 0 Å². The van der Waals surface area contributed by atoms with Gasteiger partial charge in [0.15, 0.2) is 9.84 Å². The zero-order chi connectivity index (χ0) is 19.2. The zero-order valence-corrected chi connectivity index (χ0v) is 15.1. The number of hydrogen-bond donors (Lipinski definition) is 3. The number of sulfone groups is 1. The van der Waals surface area contributed by atoms with Gasteiger partial charge in [0.25, 0.3) is 5.91 Å². The van der Waals surface area contributed by atoms with Crippen LogP contribution in [0.1, 0.15) is 30.6 Å². The molecule has 0 aliphatic carbocycles. The molecule has 0 radical (unpaired) electrons. The number of carboxylic acids is 1. The highest BCUT2D eigenvalue weighted by molar-refractivity contribution is 7.90. The van der Waals surface area contributed by atoms with Crippen LogP contribution >= 0.6 is 0 Å². The molecule has 1 aromatic rings. The molecule has 0 bridgehead atoms. The highest BCUT2D eigenvalue weighted by Crippen LogP contribution is 2.10. The van der Waals surface area contributed by atoms with E-state index in [1.807, 2.05) is 13.8 Å². The zero-order valence-electron chi connectivity index (χ0n) is 14.3. The molecule has 0 aliphatic heterocycles. The molecule has 0 aromatic heterocycles. The first-order chi connectivity index (χ1) is 11.5. The molecule has 0 saturated heterocycles. The van der Waals surface area contributed by atoms with E-state index in [0.29, 0.717) is 0 Å². The summed E-state index contributed by atoms with van der Waals surface area (Å²) >= 11 is 0. The monoisotopic (exact) mass is 370 g/mol. The van der Waals surface area contributed by atoms with Crippen LogP contribution in [0.3, 0.4) is 0 Å². The third kappa shape index (κ3) is 6.92. The molecule has 138 valence electrons. The Morgan fingerprint density at radius 1 is 1.12 bits per heavy atom. The SMILES string of the molecule is CC(C)C[C@H](NC(=O)CNC(=O)c1ccc(S(C)(=O)=O)cc1)C(=O)O. The first-order valence-electron chi connectivity index (χ1n) is 7.61. The molecule has 0 spiro atoms. The number of aliphatic carboxylic acids is 1. The number of carbonyl (C=O) groups is 3. The van der Waals surface area contributed by atoms with Crippen LogP contribution in [0.5, 0.6) is 0 Å². The second kappa shape index (κ2) is 8.61. The molecule has 2 amide bonds. The first-order valence-corrected chi connectivity index (χ1v) is 9.50. The molecule has 0 aliphatic rings. The smallest absolute Gasteiger partial charge is 0.326 e. The second-order valence-electron chi connectivity index (χ2n) is 6.07. The van der Waals surface area contributed by atoms with Gasteiger partial charge >= 0.3 is 5.97 Å². The molecule has 8 nitrogen and oxygen atoms in total. The number of carbonyl (C=O) groups excluding carboxylic acids is 2. The van der Waals surface area contributed by atoms with E-state index < -0.39 is 33.7 Å². The Morgan fingerprint density at radius 2 is 1.68 bits per heavy atom. The predicted molar refractivity (Wildman–Crippen MR) is 90.9 cm³/mol. The lowest BCUT2D eigenvalue weighted by atomic mass is 10.0. The van der Waals surface area contributed by atoms with Crippen molar-refractivity contribution in [1.82, 2.24) is 10.6 Å². The Hall–Kier alpha value is -2.42. The molecule has 3 N–H and O–H groups in total. The van der Waals surface area contributed by atoms with E-state index in [4.69, 9.17) is 5.11 Å². The van der Waals surface area contributed by atoms with Crippen molar-refractivity contribution in [3.8, 4) is 0 Å². The summed E-state index contributed by atoms with van der Waals surface area (Å²) in [6.45, 7) is 3.29. The number of nitrogens with one attached hydrogen (secondary N) is 2. The van der Waals surface area contributed by atoms with Gasteiger partial charge in [-0.3, -0.25) is 9.59 Å². The normalized spacial score (nSPS) is 12.5. The average molecular weight is 370 g/mol. The second-order valence-corrected chi connectivity index (χ2v) is 8.08. The maximum atomic E-state index is 12.0. The van der Waals surface area contributed by atoms with Crippen LogP contribution in [0.15, 0.2) is 29.2 Å². The van der Waals surface area contributed by atoms with Gasteiger partial charge < -0.3 is 15.7 Å². The van der Waals surface area contributed by atoms with Crippen LogP contribution in [0.4, 0.5) is 0 Å². The summed E-state index contributed by atoms with van der Waals surface area (Å²) in [5, 5.41) is 13.8. The molecule has 0 heterocycles. The van der Waals surface area contributed by atoms with Crippen LogP contribution in [0, 0.1) is 5.92 Å². The number of hydrogen-bond acceptors (Lipinski definition) is 5. The van der Waals surface area contributed by atoms with Crippen molar-refractivity contribution in [1.29, 1.82) is 0 Å². The van der Waals surface area contributed by atoms with Gasteiger partial charge in [-0.1, -0.05) is 13.8 Å². The Kier molecular flexibility index (Phi) is 7.10. The number of amides is 2. The predicted octanol–water partition coefficient (Wildman–Crippen LogP) is 0.435. The highest BCUT2D eigenvalue weighted by Gasteiger charge is 2.21. The Bertz CT molecular complexity index is 740. The fraction of sp³-hybridized carbons (Fsp3) is 0.438. The van der Waals surface area contributed by atoms with E-state index in [1.54, 1.807) is 0 Å². The number of benzene rings is 1. The van der Waals surface area contributed by atoms with Gasteiger partial charge in [-0.15, -0.1) is 0 Å². The van der Waals surface area contributed by atoms with Crippen LogP contribution in [0.2, 0.25) is 0 Å². The van der Waals surface area contributed by atoms with E-state index in [2.05, 4.69) is 10.6 Å². The molecule has 0 fully saturated rings. The third-order valence-electron chi connectivity index (χ3n) is 3.29.